The van der Waals surface area contributed by atoms with Gasteiger partial charge in [-0.05, 0) is 31.9 Å². The lowest BCUT2D eigenvalue weighted by Crippen LogP contribution is -2.00. The third-order valence-electron chi connectivity index (χ3n) is 1.40. The molecule has 1 aromatic rings. The van der Waals surface area contributed by atoms with Gasteiger partial charge in [0.1, 0.15) is 5.56 Å². The number of pyridine rings is 1. The Labute approximate surface area is 93.7 Å². The standard InChI is InChI=1S/C6H2Br2F2N2O2/c7-2-1-11-5(8)4(12(13)14)3(2)6(9)10/h1,6H. The fourth-order valence-electron chi connectivity index (χ4n) is 0.850. The van der Waals surface area contributed by atoms with E-state index in [0.29, 0.717) is 0 Å². The summed E-state index contributed by atoms with van der Waals surface area (Å²) in [6.07, 6.45) is -1.84. The first-order chi connectivity index (χ1) is 6.45. The van der Waals surface area contributed by atoms with Crippen LogP contribution in [0.4, 0.5) is 14.5 Å². The zero-order valence-corrected chi connectivity index (χ0v) is 9.55. The molecule has 0 spiro atoms. The van der Waals surface area contributed by atoms with Crippen LogP contribution in [0.5, 0.6) is 0 Å². The van der Waals surface area contributed by atoms with E-state index < -0.39 is 22.6 Å². The van der Waals surface area contributed by atoms with Crippen LogP contribution in [-0.2, 0) is 0 Å². The lowest BCUT2D eigenvalue weighted by molar-refractivity contribution is -0.387. The van der Waals surface area contributed by atoms with E-state index in [1.54, 1.807) is 0 Å². The number of hydrogen-bond donors (Lipinski definition) is 0. The van der Waals surface area contributed by atoms with Crippen molar-refractivity contribution in [2.75, 3.05) is 0 Å². The Hall–Kier alpha value is -0.630. The maximum atomic E-state index is 12.4. The van der Waals surface area contributed by atoms with E-state index >= 15 is 0 Å². The van der Waals surface area contributed by atoms with E-state index in [1.807, 2.05) is 0 Å². The molecule has 1 heterocycles. The van der Waals surface area contributed by atoms with Gasteiger partial charge >= 0.3 is 5.69 Å². The van der Waals surface area contributed by atoms with Gasteiger partial charge in [0, 0.05) is 6.20 Å². The van der Waals surface area contributed by atoms with E-state index in [9.17, 15) is 18.9 Å². The molecule has 0 fully saturated rings. The van der Waals surface area contributed by atoms with Crippen molar-refractivity contribution in [3.63, 3.8) is 0 Å². The summed E-state index contributed by atoms with van der Waals surface area (Å²) in [5.74, 6) is 0. The lowest BCUT2D eigenvalue weighted by atomic mass is 10.2. The van der Waals surface area contributed by atoms with Crippen molar-refractivity contribution in [3.8, 4) is 0 Å². The largest absolute Gasteiger partial charge is 0.311 e. The van der Waals surface area contributed by atoms with Crippen LogP contribution in [0.1, 0.15) is 12.0 Å². The van der Waals surface area contributed by atoms with Crippen molar-refractivity contribution in [1.29, 1.82) is 0 Å². The van der Waals surface area contributed by atoms with Crippen molar-refractivity contribution in [3.05, 3.63) is 31.0 Å². The Morgan fingerprint density at radius 3 is 2.43 bits per heavy atom. The Kier molecular flexibility index (Phi) is 3.48. The minimum atomic E-state index is -2.93. The normalized spacial score (nSPS) is 10.6. The molecule has 0 bridgehead atoms. The van der Waals surface area contributed by atoms with E-state index in [-0.39, 0.29) is 9.08 Å². The molecule has 0 amide bonds. The average molecular weight is 332 g/mol. The quantitative estimate of drug-likeness (QED) is 0.474. The van der Waals surface area contributed by atoms with Gasteiger partial charge in [-0.1, -0.05) is 0 Å². The summed E-state index contributed by atoms with van der Waals surface area (Å²) in [6.45, 7) is 0. The van der Waals surface area contributed by atoms with Gasteiger partial charge in [0.05, 0.1) is 9.40 Å². The first kappa shape index (κ1) is 11.4. The summed E-state index contributed by atoms with van der Waals surface area (Å²) in [5, 5.41) is 10.5. The van der Waals surface area contributed by atoms with Gasteiger partial charge in [-0.3, -0.25) is 10.1 Å². The van der Waals surface area contributed by atoms with Gasteiger partial charge in [0.15, 0.2) is 4.60 Å². The van der Waals surface area contributed by atoms with Crippen molar-refractivity contribution >= 4 is 37.5 Å². The topological polar surface area (TPSA) is 56.0 Å². The maximum absolute atomic E-state index is 12.4. The lowest BCUT2D eigenvalue weighted by Gasteiger charge is -2.04. The molecular weight excluding hydrogens is 330 g/mol. The van der Waals surface area contributed by atoms with Gasteiger partial charge in [0.25, 0.3) is 6.43 Å². The SMILES string of the molecule is O=[N+]([O-])c1c(Br)ncc(Br)c1C(F)F. The van der Waals surface area contributed by atoms with E-state index in [1.165, 1.54) is 0 Å². The van der Waals surface area contributed by atoms with Crippen molar-refractivity contribution in [2.24, 2.45) is 0 Å². The Morgan fingerprint density at radius 1 is 1.50 bits per heavy atom. The van der Waals surface area contributed by atoms with Gasteiger partial charge in [-0.25, -0.2) is 13.8 Å². The van der Waals surface area contributed by atoms with Gasteiger partial charge in [-0.15, -0.1) is 0 Å². The number of rotatable bonds is 2. The summed E-state index contributed by atoms with van der Waals surface area (Å²) in [4.78, 5) is 13.1. The first-order valence-electron chi connectivity index (χ1n) is 3.21. The summed E-state index contributed by atoms with van der Waals surface area (Å²) in [7, 11) is 0. The Balaban J connectivity index is 3.50. The number of aromatic nitrogens is 1. The predicted molar refractivity (Wildman–Crippen MR) is 51.2 cm³/mol. The number of hydrogen-bond acceptors (Lipinski definition) is 3. The second-order valence-electron chi connectivity index (χ2n) is 2.22. The summed E-state index contributed by atoms with van der Waals surface area (Å²) < 4.78 is 24.6. The molecule has 1 aromatic heterocycles. The van der Waals surface area contributed by atoms with Crippen molar-refractivity contribution in [2.45, 2.75) is 6.43 Å². The van der Waals surface area contributed by atoms with Crippen LogP contribution in [0.25, 0.3) is 0 Å². The zero-order chi connectivity index (χ0) is 10.9. The summed E-state index contributed by atoms with van der Waals surface area (Å²) in [6, 6.07) is 0. The fraction of sp³-hybridized carbons (Fsp3) is 0.167. The molecule has 0 saturated carbocycles. The van der Waals surface area contributed by atoms with Crippen LogP contribution in [0.3, 0.4) is 0 Å². The molecular formula is C6H2Br2F2N2O2. The minimum absolute atomic E-state index is 0.0811. The number of nitrogens with zero attached hydrogens (tertiary/aromatic N) is 2. The zero-order valence-electron chi connectivity index (χ0n) is 6.38. The number of halogens is 4. The Morgan fingerprint density at radius 2 is 2.07 bits per heavy atom. The molecule has 1 rings (SSSR count). The molecule has 0 atom stereocenters. The third-order valence-corrected chi connectivity index (χ3v) is 2.61. The van der Waals surface area contributed by atoms with E-state index in [0.717, 1.165) is 6.20 Å². The van der Waals surface area contributed by atoms with Crippen molar-refractivity contribution < 1.29 is 13.7 Å². The highest BCUT2D eigenvalue weighted by molar-refractivity contribution is 9.11. The molecule has 0 aliphatic rings. The second kappa shape index (κ2) is 4.26. The highest BCUT2D eigenvalue weighted by Gasteiger charge is 2.28. The molecule has 0 N–H and O–H groups in total. The third kappa shape index (κ3) is 2.06. The Bertz CT molecular complexity index is 386. The first-order valence-corrected chi connectivity index (χ1v) is 4.80. The van der Waals surface area contributed by atoms with E-state index in [4.69, 9.17) is 0 Å². The van der Waals surface area contributed by atoms with Crippen LogP contribution in [-0.4, -0.2) is 9.91 Å². The van der Waals surface area contributed by atoms with Crippen LogP contribution in [0.2, 0.25) is 0 Å². The highest BCUT2D eigenvalue weighted by atomic mass is 79.9. The van der Waals surface area contributed by atoms with Crippen LogP contribution in [0, 0.1) is 10.1 Å². The molecule has 0 radical (unpaired) electrons. The van der Waals surface area contributed by atoms with Crippen molar-refractivity contribution in [1.82, 2.24) is 4.98 Å². The molecule has 0 aliphatic carbocycles. The molecule has 0 aromatic carbocycles. The second-order valence-corrected chi connectivity index (χ2v) is 3.82. The highest BCUT2D eigenvalue weighted by Crippen LogP contribution is 2.38. The molecule has 8 heteroatoms. The number of alkyl halides is 2. The monoisotopic (exact) mass is 330 g/mol. The van der Waals surface area contributed by atoms with Gasteiger partial charge < -0.3 is 0 Å². The molecule has 0 saturated heterocycles. The summed E-state index contributed by atoms with van der Waals surface area (Å²) in [5.41, 5.74) is -1.38. The molecule has 76 valence electrons. The van der Waals surface area contributed by atoms with Gasteiger partial charge in [-0.2, -0.15) is 0 Å². The summed E-state index contributed by atoms with van der Waals surface area (Å²) >= 11 is 5.53. The molecule has 0 aliphatic heterocycles. The van der Waals surface area contributed by atoms with Crippen LogP contribution >= 0.6 is 31.9 Å². The molecule has 14 heavy (non-hydrogen) atoms. The van der Waals surface area contributed by atoms with Gasteiger partial charge in [0.2, 0.25) is 0 Å². The average Bonchev–Trinajstić information content (AvgIpc) is 2.07. The maximum Gasteiger partial charge on any atom is 0.311 e. The predicted octanol–water partition coefficient (Wildman–Crippen LogP) is 3.45. The fourth-order valence-corrected chi connectivity index (χ4v) is 1.77. The molecule has 4 nitrogen and oxygen atoms in total. The molecule has 0 unspecified atom stereocenters. The van der Waals surface area contributed by atoms with Crippen LogP contribution in [0.15, 0.2) is 15.3 Å². The smallest absolute Gasteiger partial charge is 0.258 e. The number of nitro groups is 1. The van der Waals surface area contributed by atoms with Crippen LogP contribution < -0.4 is 0 Å². The minimum Gasteiger partial charge on any atom is -0.258 e. The van der Waals surface area contributed by atoms with E-state index in [2.05, 4.69) is 36.8 Å².